The Morgan fingerprint density at radius 2 is 1.91 bits per heavy atom. The molecule has 2 heterocycles. The molecule has 10 heteroatoms. The van der Waals surface area contributed by atoms with Gasteiger partial charge in [0.05, 0.1) is 22.0 Å². The van der Waals surface area contributed by atoms with Crippen molar-refractivity contribution in [3.05, 3.63) is 52.3 Å². The zero-order chi connectivity index (χ0) is 23.6. The maximum atomic E-state index is 13.0. The van der Waals surface area contributed by atoms with Gasteiger partial charge in [-0.1, -0.05) is 0 Å². The largest absolute Gasteiger partial charge is 0.504 e. The number of amidine groups is 1. The second-order valence-electron chi connectivity index (χ2n) is 7.99. The van der Waals surface area contributed by atoms with Crippen molar-refractivity contribution in [1.29, 1.82) is 10.9 Å². The van der Waals surface area contributed by atoms with E-state index in [1.54, 1.807) is 37.4 Å². The van der Waals surface area contributed by atoms with Crippen LogP contribution in [-0.2, 0) is 9.53 Å². The highest BCUT2D eigenvalue weighted by Gasteiger charge is 2.17. The molecule has 32 heavy (non-hydrogen) atoms. The maximum Gasteiger partial charge on any atom is 0.266 e. The number of methoxy groups -OCH3 is 1. The van der Waals surface area contributed by atoms with Crippen molar-refractivity contribution >= 4 is 45.4 Å². The number of hydrogen-bond donors (Lipinski definition) is 5. The van der Waals surface area contributed by atoms with Crippen molar-refractivity contribution in [3.8, 4) is 5.75 Å². The third-order valence-corrected chi connectivity index (χ3v) is 4.87. The monoisotopic (exact) mass is 436 g/mol. The molecule has 0 fully saturated rings. The minimum Gasteiger partial charge on any atom is -0.504 e. The number of carbonyl (C=O) groups is 1. The van der Waals surface area contributed by atoms with Crippen LogP contribution in [-0.4, -0.2) is 39.4 Å². The van der Waals surface area contributed by atoms with Gasteiger partial charge < -0.3 is 20.1 Å². The summed E-state index contributed by atoms with van der Waals surface area (Å²) in [5, 5.41) is 24.5. The molecule has 0 spiro atoms. The lowest BCUT2D eigenvalue weighted by molar-refractivity contribution is -0.105. The van der Waals surface area contributed by atoms with Crippen LogP contribution in [0.4, 0.5) is 5.69 Å². The number of carbonyl (C=O) groups excluding carboxylic acids is 1. The Kier molecular flexibility index (Phi) is 6.08. The van der Waals surface area contributed by atoms with Crippen LogP contribution in [0.15, 0.2) is 46.3 Å². The average Bonchev–Trinajstić information content (AvgIpc) is 3.05. The Morgan fingerprint density at radius 1 is 1.22 bits per heavy atom. The summed E-state index contributed by atoms with van der Waals surface area (Å²) < 4.78 is 6.27. The third kappa shape index (κ3) is 4.21. The molecule has 0 aliphatic heterocycles. The summed E-state index contributed by atoms with van der Waals surface area (Å²) >= 11 is 0. The highest BCUT2D eigenvalue weighted by molar-refractivity contribution is 6.03. The number of nitrogens with zero attached hydrogens (tertiary/aromatic N) is 2. The molecule has 0 atom stereocenters. The highest BCUT2D eigenvalue weighted by atomic mass is 16.5. The van der Waals surface area contributed by atoms with Crippen molar-refractivity contribution in [2.45, 2.75) is 26.4 Å². The summed E-state index contributed by atoms with van der Waals surface area (Å²) in [6, 6.07) is 9.48. The number of aromatic amines is 1. The van der Waals surface area contributed by atoms with Gasteiger partial charge in [0.25, 0.3) is 5.56 Å². The number of H-pyrrole nitrogens is 1. The number of amides is 1. The molecular weight excluding hydrogens is 412 g/mol. The molecule has 5 N–H and O–H groups in total. The van der Waals surface area contributed by atoms with E-state index in [-0.39, 0.29) is 28.4 Å². The van der Waals surface area contributed by atoms with Gasteiger partial charge >= 0.3 is 0 Å². The summed E-state index contributed by atoms with van der Waals surface area (Å²) in [5.74, 6) is -0.378. The predicted octanol–water partition coefficient (Wildman–Crippen LogP) is 4.00. The molecule has 2 aromatic carbocycles. The first kappa shape index (κ1) is 22.6. The number of anilines is 1. The molecule has 0 bridgehead atoms. The second-order valence-corrected chi connectivity index (χ2v) is 7.99. The van der Waals surface area contributed by atoms with Gasteiger partial charge in [0.15, 0.2) is 17.2 Å². The molecule has 0 unspecified atom stereocenters. The Hall–Kier alpha value is -4.05. The van der Waals surface area contributed by atoms with Crippen molar-refractivity contribution in [1.82, 2.24) is 9.38 Å². The topological polar surface area (TPSA) is 156 Å². The van der Waals surface area contributed by atoms with Gasteiger partial charge in [-0.15, -0.1) is 5.11 Å². The number of nitrogens with one attached hydrogen (secondary N) is 4. The fourth-order valence-electron chi connectivity index (χ4n) is 3.05. The molecule has 0 aliphatic carbocycles. The zero-order valence-corrected chi connectivity index (χ0v) is 18.1. The number of rotatable bonds is 3. The lowest BCUT2D eigenvalue weighted by Crippen LogP contribution is -2.15. The minimum atomic E-state index is -0.360. The van der Waals surface area contributed by atoms with E-state index >= 15 is 0 Å². The van der Waals surface area contributed by atoms with Crippen LogP contribution < -0.4 is 10.9 Å². The average molecular weight is 436 g/mol. The standard InChI is InChI=1S/C17H12N6O3.C5H12O/c18-15(22-19)8-1-4-13-11(5-8)14(25)16-21-12-3-2-9(20-7-24)6-10(12)17(26)23(13)16;1-5(2,3)6-4/h1-7,18-19,21,25H,(H,20,24);1-4H3. The molecule has 10 nitrogen and oxygen atoms in total. The molecule has 4 aromatic rings. The summed E-state index contributed by atoms with van der Waals surface area (Å²) in [6.45, 7) is 6.06. The Balaban J connectivity index is 0.000000427. The first-order valence-corrected chi connectivity index (χ1v) is 9.66. The van der Waals surface area contributed by atoms with Crippen LogP contribution in [0, 0.1) is 10.9 Å². The summed E-state index contributed by atoms with van der Waals surface area (Å²) in [6.07, 6.45) is 0.526. The molecule has 4 rings (SSSR count). The van der Waals surface area contributed by atoms with Crippen molar-refractivity contribution in [2.75, 3.05) is 12.4 Å². The molecule has 2 aromatic heterocycles. The van der Waals surface area contributed by atoms with E-state index in [0.29, 0.717) is 39.5 Å². The van der Waals surface area contributed by atoms with E-state index in [9.17, 15) is 14.7 Å². The van der Waals surface area contributed by atoms with Gasteiger partial charge in [-0.05, 0) is 57.2 Å². The predicted molar refractivity (Wildman–Crippen MR) is 123 cm³/mol. The van der Waals surface area contributed by atoms with Gasteiger partial charge in [-0.2, -0.15) is 0 Å². The second kappa shape index (κ2) is 8.60. The van der Waals surface area contributed by atoms with Crippen LogP contribution in [0.3, 0.4) is 0 Å². The van der Waals surface area contributed by atoms with Crippen molar-refractivity contribution < 1.29 is 14.6 Å². The minimum absolute atomic E-state index is 0.0417. The van der Waals surface area contributed by atoms with Crippen LogP contribution >= 0.6 is 0 Å². The third-order valence-electron chi connectivity index (χ3n) is 4.87. The van der Waals surface area contributed by atoms with Crippen LogP contribution in [0.2, 0.25) is 0 Å². The Labute approximate surface area is 182 Å². The first-order valence-electron chi connectivity index (χ1n) is 9.66. The van der Waals surface area contributed by atoms with E-state index in [2.05, 4.69) is 15.4 Å². The molecular formula is C22H24N6O4. The summed E-state index contributed by atoms with van der Waals surface area (Å²) in [4.78, 5) is 26.6. The van der Waals surface area contributed by atoms with Crippen LogP contribution in [0.25, 0.3) is 27.5 Å². The van der Waals surface area contributed by atoms with E-state index in [0.717, 1.165) is 0 Å². The van der Waals surface area contributed by atoms with Crippen molar-refractivity contribution in [2.24, 2.45) is 5.11 Å². The number of hydrogen-bond acceptors (Lipinski definition) is 6. The normalized spacial score (nSPS) is 11.2. The van der Waals surface area contributed by atoms with Gasteiger partial charge in [0, 0.05) is 23.7 Å². The zero-order valence-electron chi connectivity index (χ0n) is 18.1. The van der Waals surface area contributed by atoms with E-state index in [4.69, 9.17) is 15.7 Å². The van der Waals surface area contributed by atoms with E-state index < -0.39 is 0 Å². The lowest BCUT2D eigenvalue weighted by Gasteiger charge is -2.14. The van der Waals surface area contributed by atoms with E-state index in [1.807, 2.05) is 20.8 Å². The Morgan fingerprint density at radius 3 is 2.50 bits per heavy atom. The fourth-order valence-corrected chi connectivity index (χ4v) is 3.05. The number of fused-ring (bicyclic) bond motifs is 4. The quantitative estimate of drug-likeness (QED) is 0.142. The SMILES string of the molecule is COC(C)(C)C.N=NC(=N)c1ccc2c(c1)c(O)c1[nH]c3ccc(NC=O)cc3c(=O)n12. The van der Waals surface area contributed by atoms with Gasteiger partial charge in [0.1, 0.15) is 0 Å². The smallest absolute Gasteiger partial charge is 0.266 e. The summed E-state index contributed by atoms with van der Waals surface area (Å²) in [7, 11) is 1.71. The number of aromatic nitrogens is 2. The van der Waals surface area contributed by atoms with Crippen LogP contribution in [0.5, 0.6) is 5.75 Å². The van der Waals surface area contributed by atoms with Crippen molar-refractivity contribution in [3.63, 3.8) is 0 Å². The molecule has 0 saturated heterocycles. The first-order chi connectivity index (χ1) is 15.1. The lowest BCUT2D eigenvalue weighted by atomic mass is 10.1. The summed E-state index contributed by atoms with van der Waals surface area (Å²) in [5.41, 5.74) is 8.64. The van der Waals surface area contributed by atoms with Crippen LogP contribution in [0.1, 0.15) is 26.3 Å². The molecule has 166 valence electrons. The maximum absolute atomic E-state index is 13.0. The number of benzene rings is 2. The molecule has 0 radical (unpaired) electrons. The highest BCUT2D eigenvalue weighted by Crippen LogP contribution is 2.32. The van der Waals surface area contributed by atoms with Gasteiger partial charge in [-0.25, -0.2) is 5.53 Å². The van der Waals surface area contributed by atoms with Gasteiger partial charge in [-0.3, -0.25) is 19.4 Å². The Bertz CT molecular complexity index is 1410. The van der Waals surface area contributed by atoms with Gasteiger partial charge in [0.2, 0.25) is 6.41 Å². The number of aromatic hydroxyl groups is 1. The fraction of sp³-hybridized carbons (Fsp3) is 0.227. The number of ether oxygens (including phenoxy) is 1. The van der Waals surface area contributed by atoms with E-state index in [1.165, 1.54) is 10.5 Å². The molecule has 0 saturated carbocycles. The molecule has 0 aliphatic rings. The molecule has 1 amide bonds.